The summed E-state index contributed by atoms with van der Waals surface area (Å²) >= 11 is 0. The number of nitrogens with one attached hydrogen (secondary N) is 1. The molecule has 0 bridgehead atoms. The van der Waals surface area contributed by atoms with Crippen molar-refractivity contribution in [3.63, 3.8) is 0 Å². The highest BCUT2D eigenvalue weighted by Gasteiger charge is 2.16. The van der Waals surface area contributed by atoms with Crippen LogP contribution in [0.4, 0.5) is 0 Å². The number of hydrogen-bond donors (Lipinski definition) is 3. The van der Waals surface area contributed by atoms with Crippen LogP contribution in [0.3, 0.4) is 0 Å². The lowest BCUT2D eigenvalue weighted by Gasteiger charge is -2.24. The van der Waals surface area contributed by atoms with E-state index >= 15 is 0 Å². The number of aromatic carboxylic acids is 1. The number of carboxylic acids is 1. The van der Waals surface area contributed by atoms with Gasteiger partial charge in [0.25, 0.3) is 0 Å². The van der Waals surface area contributed by atoms with Gasteiger partial charge in [-0.25, -0.2) is 4.79 Å². The third kappa shape index (κ3) is 4.73. The van der Waals surface area contributed by atoms with Crippen LogP contribution in [0, 0.1) is 0 Å². The van der Waals surface area contributed by atoms with Crippen molar-refractivity contribution >= 4 is 18.4 Å². The summed E-state index contributed by atoms with van der Waals surface area (Å²) in [7, 11) is 0. The van der Waals surface area contributed by atoms with Gasteiger partial charge in [0, 0.05) is 12.1 Å². The number of carboxylic acid groups (broad SMARTS) is 1. The van der Waals surface area contributed by atoms with Crippen LogP contribution in [0.15, 0.2) is 24.3 Å². The normalized spacial score (nSPS) is 10.8. The molecule has 17 heavy (non-hydrogen) atoms. The van der Waals surface area contributed by atoms with Crippen molar-refractivity contribution in [1.82, 2.24) is 5.32 Å². The number of hydrogen-bond acceptors (Lipinski definition) is 3. The van der Waals surface area contributed by atoms with Gasteiger partial charge in [-0.2, -0.15) is 0 Å². The molecule has 0 fully saturated rings. The van der Waals surface area contributed by atoms with Gasteiger partial charge in [0.1, 0.15) is 0 Å². The van der Waals surface area contributed by atoms with Crippen molar-refractivity contribution < 1.29 is 15.0 Å². The van der Waals surface area contributed by atoms with Gasteiger partial charge in [0.2, 0.25) is 0 Å². The molecular weight excluding hydrogens is 242 g/mol. The second-order valence-electron chi connectivity index (χ2n) is 4.36. The Morgan fingerprint density at radius 3 is 2.47 bits per heavy atom. The summed E-state index contributed by atoms with van der Waals surface area (Å²) in [5.41, 5.74) is 0.603. The molecule has 0 atom stereocenters. The van der Waals surface area contributed by atoms with Crippen LogP contribution in [-0.2, 0) is 6.54 Å². The van der Waals surface area contributed by atoms with Gasteiger partial charge in [-0.3, -0.25) is 0 Å². The fourth-order valence-electron chi connectivity index (χ4n) is 1.27. The molecule has 0 aliphatic carbocycles. The van der Waals surface area contributed by atoms with Crippen molar-refractivity contribution in [3.8, 4) is 0 Å². The van der Waals surface area contributed by atoms with Gasteiger partial charge in [-0.15, -0.1) is 12.4 Å². The maximum absolute atomic E-state index is 10.9. The lowest BCUT2D eigenvalue weighted by Crippen LogP contribution is -2.42. The zero-order valence-corrected chi connectivity index (χ0v) is 10.8. The number of carbonyl (C=O) groups is 1. The van der Waals surface area contributed by atoms with Crippen LogP contribution in [0.5, 0.6) is 0 Å². The summed E-state index contributed by atoms with van der Waals surface area (Å²) in [5.74, 6) is -0.931. The summed E-state index contributed by atoms with van der Waals surface area (Å²) in [5, 5.41) is 21.2. The van der Waals surface area contributed by atoms with Gasteiger partial charge in [-0.05, 0) is 25.5 Å². The summed E-state index contributed by atoms with van der Waals surface area (Å²) < 4.78 is 0. The minimum atomic E-state index is -0.931. The van der Waals surface area contributed by atoms with E-state index in [0.717, 1.165) is 5.56 Å². The Morgan fingerprint density at radius 2 is 1.94 bits per heavy atom. The van der Waals surface area contributed by atoms with E-state index in [-0.39, 0.29) is 19.0 Å². The molecule has 0 saturated carbocycles. The Bertz CT molecular complexity index is 380. The third-order valence-corrected chi connectivity index (χ3v) is 2.40. The third-order valence-electron chi connectivity index (χ3n) is 2.40. The second-order valence-corrected chi connectivity index (χ2v) is 4.36. The highest BCUT2D eigenvalue weighted by atomic mass is 35.5. The van der Waals surface area contributed by atoms with Crippen LogP contribution in [0.25, 0.3) is 0 Å². The number of aliphatic hydroxyl groups is 1. The van der Waals surface area contributed by atoms with Crippen molar-refractivity contribution in [2.24, 2.45) is 0 Å². The first-order valence-corrected chi connectivity index (χ1v) is 5.13. The van der Waals surface area contributed by atoms with E-state index in [1.807, 2.05) is 13.8 Å². The maximum Gasteiger partial charge on any atom is 0.336 e. The fraction of sp³-hybridized carbons (Fsp3) is 0.417. The SMILES string of the molecule is CC(C)(CO)NCc1ccccc1C(=O)O.Cl. The molecular formula is C12H18ClNO3. The van der Waals surface area contributed by atoms with Crippen molar-refractivity contribution in [3.05, 3.63) is 35.4 Å². The van der Waals surface area contributed by atoms with Crippen LogP contribution >= 0.6 is 12.4 Å². The summed E-state index contributed by atoms with van der Waals surface area (Å²) in [6.07, 6.45) is 0. The standard InChI is InChI=1S/C12H17NO3.ClH/c1-12(2,8-14)13-7-9-5-3-4-6-10(9)11(15)16;/h3-6,13-14H,7-8H2,1-2H3,(H,15,16);1H. The fourth-order valence-corrected chi connectivity index (χ4v) is 1.27. The van der Waals surface area contributed by atoms with E-state index in [0.29, 0.717) is 12.1 Å². The molecule has 1 aromatic carbocycles. The average Bonchev–Trinajstić information content (AvgIpc) is 2.27. The van der Waals surface area contributed by atoms with E-state index < -0.39 is 11.5 Å². The van der Waals surface area contributed by atoms with Crippen molar-refractivity contribution in [2.75, 3.05) is 6.61 Å². The topological polar surface area (TPSA) is 69.6 Å². The first-order valence-electron chi connectivity index (χ1n) is 5.13. The van der Waals surface area contributed by atoms with Crippen LogP contribution in [-0.4, -0.2) is 28.3 Å². The van der Waals surface area contributed by atoms with Crippen LogP contribution in [0.1, 0.15) is 29.8 Å². The van der Waals surface area contributed by atoms with Gasteiger partial charge >= 0.3 is 5.97 Å². The lowest BCUT2D eigenvalue weighted by molar-refractivity contribution is 0.0695. The highest BCUT2D eigenvalue weighted by Crippen LogP contribution is 2.10. The highest BCUT2D eigenvalue weighted by molar-refractivity contribution is 5.89. The monoisotopic (exact) mass is 259 g/mol. The molecule has 0 aliphatic rings. The Morgan fingerprint density at radius 1 is 1.35 bits per heavy atom. The van der Waals surface area contributed by atoms with Gasteiger partial charge in [0.05, 0.1) is 12.2 Å². The Kier molecular flexibility index (Phi) is 6.16. The van der Waals surface area contributed by atoms with Gasteiger partial charge in [-0.1, -0.05) is 18.2 Å². The predicted octanol–water partition coefficient (Wildman–Crippen LogP) is 1.67. The van der Waals surface area contributed by atoms with E-state index in [4.69, 9.17) is 10.2 Å². The average molecular weight is 260 g/mol. The molecule has 96 valence electrons. The molecule has 0 unspecified atom stereocenters. The molecule has 0 heterocycles. The number of rotatable bonds is 5. The summed E-state index contributed by atoms with van der Waals surface area (Å²) in [6, 6.07) is 6.84. The quantitative estimate of drug-likeness (QED) is 0.752. The number of benzene rings is 1. The smallest absolute Gasteiger partial charge is 0.336 e. The van der Waals surface area contributed by atoms with E-state index in [9.17, 15) is 4.79 Å². The first kappa shape index (κ1) is 15.9. The molecule has 0 radical (unpaired) electrons. The Balaban J connectivity index is 0.00000256. The first-order chi connectivity index (χ1) is 7.46. The molecule has 5 heteroatoms. The number of halogens is 1. The second kappa shape index (κ2) is 6.59. The Labute approximate surface area is 107 Å². The zero-order valence-electron chi connectivity index (χ0n) is 9.93. The molecule has 0 aromatic heterocycles. The largest absolute Gasteiger partial charge is 0.478 e. The van der Waals surface area contributed by atoms with Crippen molar-refractivity contribution in [2.45, 2.75) is 25.9 Å². The summed E-state index contributed by atoms with van der Waals surface area (Å²) in [6.45, 7) is 4.14. The summed E-state index contributed by atoms with van der Waals surface area (Å²) in [4.78, 5) is 10.9. The molecule has 0 amide bonds. The minimum absolute atomic E-state index is 0. The lowest BCUT2D eigenvalue weighted by atomic mass is 10.0. The maximum atomic E-state index is 10.9. The molecule has 3 N–H and O–H groups in total. The van der Waals surface area contributed by atoms with Gasteiger partial charge < -0.3 is 15.5 Å². The Hall–Kier alpha value is -1.10. The van der Waals surface area contributed by atoms with E-state index in [1.165, 1.54) is 0 Å². The number of aliphatic hydroxyl groups excluding tert-OH is 1. The molecule has 0 spiro atoms. The van der Waals surface area contributed by atoms with Crippen LogP contribution < -0.4 is 5.32 Å². The molecule has 1 aromatic rings. The predicted molar refractivity (Wildman–Crippen MR) is 68.7 cm³/mol. The van der Waals surface area contributed by atoms with E-state index in [1.54, 1.807) is 24.3 Å². The molecule has 4 nitrogen and oxygen atoms in total. The molecule has 0 saturated heterocycles. The minimum Gasteiger partial charge on any atom is -0.478 e. The van der Waals surface area contributed by atoms with Gasteiger partial charge in [0.15, 0.2) is 0 Å². The molecule has 0 aliphatic heterocycles. The van der Waals surface area contributed by atoms with E-state index in [2.05, 4.69) is 5.32 Å². The zero-order chi connectivity index (χ0) is 12.2. The van der Waals surface area contributed by atoms with Crippen molar-refractivity contribution in [1.29, 1.82) is 0 Å². The molecule has 1 rings (SSSR count). The van der Waals surface area contributed by atoms with Crippen LogP contribution in [0.2, 0.25) is 0 Å².